The molecule has 2 aromatic carbocycles. The van der Waals surface area contributed by atoms with Gasteiger partial charge in [0.25, 0.3) is 0 Å². The van der Waals surface area contributed by atoms with Crippen molar-refractivity contribution in [3.8, 4) is 0 Å². The van der Waals surface area contributed by atoms with Crippen molar-refractivity contribution in [2.24, 2.45) is 0 Å². The van der Waals surface area contributed by atoms with Crippen LogP contribution in [-0.4, -0.2) is 18.4 Å². The quantitative estimate of drug-likeness (QED) is 0.141. The van der Waals surface area contributed by atoms with Crippen molar-refractivity contribution in [2.45, 2.75) is 91.9 Å². The van der Waals surface area contributed by atoms with Crippen molar-refractivity contribution in [1.82, 2.24) is 0 Å². The van der Waals surface area contributed by atoms with Gasteiger partial charge in [-0.25, -0.2) is 0 Å². The third-order valence-corrected chi connectivity index (χ3v) is 6.48. The van der Waals surface area contributed by atoms with Crippen LogP contribution in [0.5, 0.6) is 0 Å². The van der Waals surface area contributed by atoms with Crippen LogP contribution in [-0.2, 0) is 9.53 Å². The van der Waals surface area contributed by atoms with Crippen molar-refractivity contribution < 1.29 is 14.3 Å². The number of carbonyl (C=O) groups is 2. The van der Waals surface area contributed by atoms with Gasteiger partial charge in [-0.05, 0) is 61.9 Å². The lowest BCUT2D eigenvalue weighted by atomic mass is 9.84. The molecule has 3 heteroatoms. The maximum absolute atomic E-state index is 13.7. The highest BCUT2D eigenvalue weighted by Crippen LogP contribution is 2.29. The fourth-order valence-corrected chi connectivity index (χ4v) is 4.34. The first-order valence-corrected chi connectivity index (χ1v) is 12.2. The number of hydrogen-bond donors (Lipinski definition) is 0. The number of carbonyl (C=O) groups excluding carboxylic acids is 2. The molecule has 0 heterocycles. The molecule has 0 bridgehead atoms. The average molecular weight is 437 g/mol. The molecule has 0 fully saturated rings. The molecular formula is C29H40O3. The van der Waals surface area contributed by atoms with E-state index in [-0.39, 0.29) is 5.78 Å². The molecule has 0 aliphatic carbocycles. The number of hydrogen-bond acceptors (Lipinski definition) is 3. The maximum Gasteiger partial charge on any atom is 0.321 e. The molecule has 0 saturated heterocycles. The van der Waals surface area contributed by atoms with Gasteiger partial charge >= 0.3 is 5.97 Å². The molecule has 3 nitrogen and oxygen atoms in total. The Bertz CT molecular complexity index is 883. The number of ketones is 1. The number of unbranched alkanes of at least 4 members (excludes halogenated alkanes) is 7. The zero-order chi connectivity index (χ0) is 23.5. The van der Waals surface area contributed by atoms with Gasteiger partial charge in [0.1, 0.15) is 5.92 Å². The first-order chi connectivity index (χ1) is 15.4. The summed E-state index contributed by atoms with van der Waals surface area (Å²) in [6.07, 6.45) is 9.48. The van der Waals surface area contributed by atoms with E-state index in [0.29, 0.717) is 17.7 Å². The molecule has 174 valence electrons. The number of rotatable bonds is 13. The summed E-state index contributed by atoms with van der Waals surface area (Å²) < 4.78 is 5.62. The minimum absolute atomic E-state index is 0.171. The lowest BCUT2D eigenvalue weighted by Gasteiger charge is -2.20. The summed E-state index contributed by atoms with van der Waals surface area (Å²) in [5.41, 5.74) is 5.45. The molecule has 32 heavy (non-hydrogen) atoms. The molecule has 0 N–H and O–H groups in total. The smallest absolute Gasteiger partial charge is 0.321 e. The Morgan fingerprint density at radius 1 is 0.781 bits per heavy atom. The summed E-state index contributed by atoms with van der Waals surface area (Å²) in [7, 11) is 0. The molecule has 1 atom stereocenters. The van der Waals surface area contributed by atoms with E-state index in [4.69, 9.17) is 4.74 Å². The van der Waals surface area contributed by atoms with E-state index in [1.807, 2.05) is 57.2 Å². The van der Waals surface area contributed by atoms with Gasteiger partial charge in [-0.15, -0.1) is 0 Å². The van der Waals surface area contributed by atoms with E-state index in [1.54, 1.807) is 0 Å². The normalized spacial score (nSPS) is 11.9. The molecule has 0 amide bonds. The van der Waals surface area contributed by atoms with Gasteiger partial charge in [0.2, 0.25) is 0 Å². The third-order valence-electron chi connectivity index (χ3n) is 6.48. The Morgan fingerprint density at radius 3 is 2.00 bits per heavy atom. The van der Waals surface area contributed by atoms with Crippen LogP contribution < -0.4 is 0 Å². The summed E-state index contributed by atoms with van der Waals surface area (Å²) >= 11 is 0. The fourth-order valence-electron chi connectivity index (χ4n) is 4.34. The van der Waals surface area contributed by atoms with Crippen LogP contribution in [0.2, 0.25) is 0 Å². The zero-order valence-corrected chi connectivity index (χ0v) is 20.6. The van der Waals surface area contributed by atoms with E-state index < -0.39 is 11.9 Å². The van der Waals surface area contributed by atoms with E-state index in [1.165, 1.54) is 38.5 Å². The van der Waals surface area contributed by atoms with Gasteiger partial charge in [-0.3, -0.25) is 9.59 Å². The standard InChI is InChI=1S/C29H40O3/c1-6-7-8-9-10-11-12-16-19-32-29(31)27(25-17-14-13-15-18-25)28(30)26-22(3)20-21(2)23(4)24(26)5/h13-15,17-18,20,27H,6-12,16,19H2,1-5H3. The second-order valence-corrected chi connectivity index (χ2v) is 8.99. The van der Waals surface area contributed by atoms with Crippen molar-refractivity contribution in [2.75, 3.05) is 6.61 Å². The lowest BCUT2D eigenvalue weighted by Crippen LogP contribution is -2.26. The van der Waals surface area contributed by atoms with Crippen molar-refractivity contribution in [3.05, 3.63) is 69.8 Å². The second-order valence-electron chi connectivity index (χ2n) is 8.99. The Morgan fingerprint density at radius 2 is 1.38 bits per heavy atom. The summed E-state index contributed by atoms with van der Waals surface area (Å²) in [6.45, 7) is 10.6. The van der Waals surface area contributed by atoms with Gasteiger partial charge in [-0.2, -0.15) is 0 Å². The third kappa shape index (κ3) is 7.05. The molecule has 0 aliphatic rings. The highest BCUT2D eigenvalue weighted by atomic mass is 16.5. The fraction of sp³-hybridized carbons (Fsp3) is 0.517. The molecule has 0 aliphatic heterocycles. The van der Waals surface area contributed by atoms with Gasteiger partial charge in [0, 0.05) is 5.56 Å². The Kier molecular flexibility index (Phi) is 10.7. The summed E-state index contributed by atoms with van der Waals surface area (Å²) in [4.78, 5) is 26.7. The lowest BCUT2D eigenvalue weighted by molar-refractivity contribution is -0.144. The van der Waals surface area contributed by atoms with Gasteiger partial charge in [0.15, 0.2) is 5.78 Å². The molecule has 2 rings (SSSR count). The van der Waals surface area contributed by atoms with Crippen LogP contribution >= 0.6 is 0 Å². The Labute approximate surface area is 194 Å². The number of ether oxygens (including phenoxy) is 1. The van der Waals surface area contributed by atoms with Crippen LogP contribution in [0.25, 0.3) is 0 Å². The Hall–Kier alpha value is -2.42. The number of Topliss-reactive ketones (excluding diaryl/α,β-unsaturated/α-hetero) is 1. The highest BCUT2D eigenvalue weighted by molar-refractivity contribution is 6.14. The average Bonchev–Trinajstić information content (AvgIpc) is 2.77. The second kappa shape index (κ2) is 13.2. The first kappa shape index (κ1) is 25.8. The largest absolute Gasteiger partial charge is 0.465 e. The van der Waals surface area contributed by atoms with Crippen molar-refractivity contribution >= 4 is 11.8 Å². The highest BCUT2D eigenvalue weighted by Gasteiger charge is 2.33. The van der Waals surface area contributed by atoms with E-state index in [9.17, 15) is 9.59 Å². The van der Waals surface area contributed by atoms with Gasteiger partial charge < -0.3 is 4.74 Å². The number of benzene rings is 2. The predicted molar refractivity (Wildman–Crippen MR) is 132 cm³/mol. The summed E-state index contributed by atoms with van der Waals surface area (Å²) in [6, 6.07) is 11.3. The molecule has 0 saturated carbocycles. The van der Waals surface area contributed by atoms with E-state index in [0.717, 1.165) is 35.1 Å². The molecular weight excluding hydrogens is 396 g/mol. The summed E-state index contributed by atoms with van der Waals surface area (Å²) in [5, 5.41) is 0. The zero-order valence-electron chi connectivity index (χ0n) is 20.6. The molecule has 2 aromatic rings. The van der Waals surface area contributed by atoms with E-state index >= 15 is 0 Å². The maximum atomic E-state index is 13.7. The molecule has 0 aromatic heterocycles. The minimum Gasteiger partial charge on any atom is -0.465 e. The number of esters is 1. The van der Waals surface area contributed by atoms with Crippen molar-refractivity contribution in [3.63, 3.8) is 0 Å². The first-order valence-electron chi connectivity index (χ1n) is 12.2. The molecule has 0 radical (unpaired) electrons. The molecule has 0 spiro atoms. The SMILES string of the molecule is CCCCCCCCCCOC(=O)C(C(=O)c1c(C)cc(C)c(C)c1C)c1ccccc1. The van der Waals surface area contributed by atoms with Crippen LogP contribution in [0.15, 0.2) is 36.4 Å². The monoisotopic (exact) mass is 436 g/mol. The van der Waals surface area contributed by atoms with Crippen LogP contribution in [0.3, 0.4) is 0 Å². The Balaban J connectivity index is 2.07. The van der Waals surface area contributed by atoms with Crippen LogP contribution in [0.1, 0.15) is 102 Å². The molecule has 1 unspecified atom stereocenters. The predicted octanol–water partition coefficient (Wildman–Crippen LogP) is 7.57. The van der Waals surface area contributed by atoms with Crippen LogP contribution in [0.4, 0.5) is 0 Å². The van der Waals surface area contributed by atoms with Crippen molar-refractivity contribution in [1.29, 1.82) is 0 Å². The van der Waals surface area contributed by atoms with Gasteiger partial charge in [-0.1, -0.05) is 88.3 Å². The minimum atomic E-state index is -0.926. The van der Waals surface area contributed by atoms with Gasteiger partial charge in [0.05, 0.1) is 6.61 Å². The van der Waals surface area contributed by atoms with E-state index in [2.05, 4.69) is 13.8 Å². The summed E-state index contributed by atoms with van der Waals surface area (Å²) in [5.74, 6) is -1.54. The topological polar surface area (TPSA) is 43.4 Å². The van der Waals surface area contributed by atoms with Crippen LogP contribution in [0, 0.1) is 27.7 Å². The number of aryl methyl sites for hydroxylation is 2.